The van der Waals surface area contributed by atoms with E-state index >= 15 is 0 Å². The van der Waals surface area contributed by atoms with Crippen LogP contribution < -0.4 is 10.6 Å². The quantitative estimate of drug-likeness (QED) is 0.452. The van der Waals surface area contributed by atoms with E-state index in [9.17, 15) is 0 Å². The standard InChI is InChI=1S/C13H25N5.HI/c1-11(2)8-15-13(14-4)16-9-12(3)10-18-7-5-6-17-18;/h5-7,11-12H,8-10H2,1-4H3,(H2,14,15,16);1H. The van der Waals surface area contributed by atoms with Gasteiger partial charge in [0.25, 0.3) is 0 Å². The number of rotatable bonds is 6. The fourth-order valence-electron chi connectivity index (χ4n) is 1.58. The van der Waals surface area contributed by atoms with Gasteiger partial charge in [0.2, 0.25) is 0 Å². The second-order valence-electron chi connectivity index (χ2n) is 5.06. The third-order valence-corrected chi connectivity index (χ3v) is 2.58. The first-order chi connectivity index (χ1) is 8.61. The number of nitrogens with one attached hydrogen (secondary N) is 2. The van der Waals surface area contributed by atoms with E-state index in [1.807, 2.05) is 23.1 Å². The molecular weight excluding hydrogens is 353 g/mol. The van der Waals surface area contributed by atoms with Crippen molar-refractivity contribution in [2.45, 2.75) is 27.3 Å². The van der Waals surface area contributed by atoms with Gasteiger partial charge in [-0.15, -0.1) is 24.0 Å². The molecule has 1 rings (SSSR count). The Hall–Kier alpha value is -0.790. The molecule has 0 bridgehead atoms. The highest BCUT2D eigenvalue weighted by molar-refractivity contribution is 14.0. The van der Waals surface area contributed by atoms with Crippen molar-refractivity contribution in [2.24, 2.45) is 16.8 Å². The lowest BCUT2D eigenvalue weighted by atomic mass is 10.2. The summed E-state index contributed by atoms with van der Waals surface area (Å²) in [7, 11) is 1.80. The van der Waals surface area contributed by atoms with Gasteiger partial charge in [-0.25, -0.2) is 0 Å². The van der Waals surface area contributed by atoms with Gasteiger partial charge in [-0.3, -0.25) is 9.67 Å². The average molecular weight is 379 g/mol. The summed E-state index contributed by atoms with van der Waals surface area (Å²) in [6, 6.07) is 1.95. The Morgan fingerprint density at radius 2 is 1.95 bits per heavy atom. The normalized spacial score (nSPS) is 13.0. The summed E-state index contributed by atoms with van der Waals surface area (Å²) in [5, 5.41) is 10.8. The summed E-state index contributed by atoms with van der Waals surface area (Å²) >= 11 is 0. The zero-order chi connectivity index (χ0) is 13.4. The summed E-state index contributed by atoms with van der Waals surface area (Å²) in [4.78, 5) is 4.20. The van der Waals surface area contributed by atoms with Crippen LogP contribution in [0.15, 0.2) is 23.5 Å². The largest absolute Gasteiger partial charge is 0.356 e. The highest BCUT2D eigenvalue weighted by Crippen LogP contribution is 1.97. The van der Waals surface area contributed by atoms with Gasteiger partial charge in [0.15, 0.2) is 5.96 Å². The first-order valence-corrected chi connectivity index (χ1v) is 6.53. The molecule has 1 aromatic heterocycles. The molecule has 0 aliphatic carbocycles. The molecule has 1 aromatic rings. The zero-order valence-corrected chi connectivity index (χ0v) is 14.6. The molecular formula is C13H26IN5. The van der Waals surface area contributed by atoms with Crippen molar-refractivity contribution in [3.8, 4) is 0 Å². The maximum absolute atomic E-state index is 4.21. The number of aromatic nitrogens is 2. The van der Waals surface area contributed by atoms with E-state index in [2.05, 4.69) is 41.5 Å². The van der Waals surface area contributed by atoms with Crippen molar-refractivity contribution in [3.63, 3.8) is 0 Å². The zero-order valence-electron chi connectivity index (χ0n) is 12.3. The minimum Gasteiger partial charge on any atom is -0.356 e. The van der Waals surface area contributed by atoms with E-state index in [1.165, 1.54) is 0 Å². The number of guanidine groups is 1. The van der Waals surface area contributed by atoms with Crippen molar-refractivity contribution in [1.82, 2.24) is 20.4 Å². The maximum Gasteiger partial charge on any atom is 0.190 e. The number of hydrogen-bond donors (Lipinski definition) is 2. The van der Waals surface area contributed by atoms with Crippen LogP contribution in [0.3, 0.4) is 0 Å². The first-order valence-electron chi connectivity index (χ1n) is 6.53. The maximum atomic E-state index is 4.21. The molecule has 110 valence electrons. The highest BCUT2D eigenvalue weighted by atomic mass is 127. The number of hydrogen-bond acceptors (Lipinski definition) is 2. The minimum atomic E-state index is 0. The van der Waals surface area contributed by atoms with Crippen LogP contribution in [0.5, 0.6) is 0 Å². The SMILES string of the molecule is CN=C(NCC(C)C)NCC(C)Cn1cccn1.I. The Morgan fingerprint density at radius 1 is 1.26 bits per heavy atom. The lowest BCUT2D eigenvalue weighted by Crippen LogP contribution is -2.41. The Kier molecular flexibility index (Phi) is 9.63. The predicted molar refractivity (Wildman–Crippen MR) is 91.0 cm³/mol. The molecule has 5 nitrogen and oxygen atoms in total. The Morgan fingerprint density at radius 3 is 2.47 bits per heavy atom. The van der Waals surface area contributed by atoms with Crippen LogP contribution in [-0.2, 0) is 6.54 Å². The van der Waals surface area contributed by atoms with Gasteiger partial charge in [-0.05, 0) is 17.9 Å². The molecule has 0 amide bonds. The number of aliphatic imine (C=N–C) groups is 1. The van der Waals surface area contributed by atoms with Gasteiger partial charge in [-0.2, -0.15) is 5.10 Å². The summed E-state index contributed by atoms with van der Waals surface area (Å²) in [5.74, 6) is 1.99. The van der Waals surface area contributed by atoms with Gasteiger partial charge in [0.05, 0.1) is 0 Å². The summed E-state index contributed by atoms with van der Waals surface area (Å²) in [6.45, 7) is 9.30. The van der Waals surface area contributed by atoms with Gasteiger partial charge in [0, 0.05) is 39.1 Å². The molecule has 0 saturated carbocycles. The van der Waals surface area contributed by atoms with Crippen LogP contribution in [0.1, 0.15) is 20.8 Å². The Bertz CT molecular complexity index is 348. The minimum absolute atomic E-state index is 0. The van der Waals surface area contributed by atoms with Crippen LogP contribution in [0, 0.1) is 11.8 Å². The van der Waals surface area contributed by atoms with E-state index in [1.54, 1.807) is 7.05 Å². The second-order valence-corrected chi connectivity index (χ2v) is 5.06. The molecule has 0 radical (unpaired) electrons. The molecule has 6 heteroatoms. The Balaban J connectivity index is 0.00000324. The Labute approximate surface area is 133 Å². The third kappa shape index (κ3) is 8.07. The molecule has 1 heterocycles. The van der Waals surface area contributed by atoms with Crippen molar-refractivity contribution < 1.29 is 0 Å². The first kappa shape index (κ1) is 18.2. The van der Waals surface area contributed by atoms with Gasteiger partial charge >= 0.3 is 0 Å². The fraction of sp³-hybridized carbons (Fsp3) is 0.692. The van der Waals surface area contributed by atoms with Gasteiger partial charge < -0.3 is 10.6 Å². The molecule has 0 saturated heterocycles. The van der Waals surface area contributed by atoms with Crippen LogP contribution >= 0.6 is 24.0 Å². The number of halogens is 1. The van der Waals surface area contributed by atoms with Crippen LogP contribution in [0.4, 0.5) is 0 Å². The van der Waals surface area contributed by atoms with Crippen molar-refractivity contribution in [2.75, 3.05) is 20.1 Å². The van der Waals surface area contributed by atoms with Crippen molar-refractivity contribution >= 4 is 29.9 Å². The highest BCUT2D eigenvalue weighted by Gasteiger charge is 2.05. The molecule has 0 aliphatic heterocycles. The topological polar surface area (TPSA) is 54.2 Å². The summed E-state index contributed by atoms with van der Waals surface area (Å²) in [6.07, 6.45) is 3.80. The third-order valence-electron chi connectivity index (χ3n) is 2.58. The predicted octanol–water partition coefficient (Wildman–Crippen LogP) is 1.96. The smallest absolute Gasteiger partial charge is 0.190 e. The molecule has 1 atom stereocenters. The van der Waals surface area contributed by atoms with Crippen molar-refractivity contribution in [3.05, 3.63) is 18.5 Å². The molecule has 19 heavy (non-hydrogen) atoms. The molecule has 0 aliphatic rings. The molecule has 0 aromatic carbocycles. The van der Waals surface area contributed by atoms with Gasteiger partial charge in [0.1, 0.15) is 0 Å². The van der Waals surface area contributed by atoms with Crippen LogP contribution in [0.2, 0.25) is 0 Å². The molecule has 0 fully saturated rings. The number of nitrogens with zero attached hydrogens (tertiary/aromatic N) is 3. The van der Waals surface area contributed by atoms with Crippen LogP contribution in [0.25, 0.3) is 0 Å². The van der Waals surface area contributed by atoms with E-state index in [0.717, 1.165) is 25.6 Å². The molecule has 0 spiro atoms. The summed E-state index contributed by atoms with van der Waals surface area (Å²) in [5.41, 5.74) is 0. The van der Waals surface area contributed by atoms with Crippen molar-refractivity contribution in [1.29, 1.82) is 0 Å². The average Bonchev–Trinajstić information content (AvgIpc) is 2.81. The van der Waals surface area contributed by atoms with Gasteiger partial charge in [-0.1, -0.05) is 20.8 Å². The monoisotopic (exact) mass is 379 g/mol. The lowest BCUT2D eigenvalue weighted by molar-refractivity contribution is 0.442. The van der Waals surface area contributed by atoms with E-state index in [4.69, 9.17) is 0 Å². The summed E-state index contributed by atoms with van der Waals surface area (Å²) < 4.78 is 1.96. The van der Waals surface area contributed by atoms with E-state index in [0.29, 0.717) is 11.8 Å². The van der Waals surface area contributed by atoms with Crippen LogP contribution in [-0.4, -0.2) is 35.9 Å². The second kappa shape index (κ2) is 10.1. The molecule has 2 N–H and O–H groups in total. The lowest BCUT2D eigenvalue weighted by Gasteiger charge is -2.17. The van der Waals surface area contributed by atoms with E-state index in [-0.39, 0.29) is 24.0 Å². The molecule has 1 unspecified atom stereocenters. The fourth-order valence-corrected chi connectivity index (χ4v) is 1.58. The van der Waals surface area contributed by atoms with E-state index < -0.39 is 0 Å².